The van der Waals surface area contributed by atoms with Crippen LogP contribution in [-0.4, -0.2) is 35.7 Å². The molecule has 0 heterocycles. The third kappa shape index (κ3) is 5.34. The summed E-state index contributed by atoms with van der Waals surface area (Å²) >= 11 is 0. The molecular formula is C17H20N4O4. The molecule has 25 heavy (non-hydrogen) atoms. The second-order valence-corrected chi connectivity index (χ2v) is 5.88. The lowest BCUT2D eigenvalue weighted by atomic mass is 9.82. The van der Waals surface area contributed by atoms with Crippen molar-refractivity contribution in [2.24, 2.45) is 11.0 Å². The minimum Gasteiger partial charge on any atom is -0.478 e. The Kier molecular flexibility index (Phi) is 6.56. The van der Waals surface area contributed by atoms with Gasteiger partial charge in [-0.05, 0) is 17.5 Å². The number of carboxylic acid groups (broad SMARTS) is 1. The molecule has 0 unspecified atom stereocenters. The maximum Gasteiger partial charge on any atom is 0.331 e. The van der Waals surface area contributed by atoms with Crippen molar-refractivity contribution in [1.82, 2.24) is 5.32 Å². The van der Waals surface area contributed by atoms with Gasteiger partial charge >= 0.3 is 5.97 Å². The first kappa shape index (κ1) is 18.5. The van der Waals surface area contributed by atoms with Crippen LogP contribution >= 0.6 is 0 Å². The fourth-order valence-electron chi connectivity index (χ4n) is 2.89. The van der Waals surface area contributed by atoms with Gasteiger partial charge in [0.2, 0.25) is 5.91 Å². The molecule has 1 aromatic rings. The highest BCUT2D eigenvalue weighted by atomic mass is 16.5. The zero-order valence-electron chi connectivity index (χ0n) is 13.8. The number of nitrogens with zero attached hydrogens (tertiary/aromatic N) is 3. The van der Waals surface area contributed by atoms with Crippen molar-refractivity contribution in [3.05, 3.63) is 58.0 Å². The molecule has 1 aliphatic rings. The maximum absolute atomic E-state index is 11.5. The number of aliphatic carboxylic acids is 1. The Bertz CT molecular complexity index is 698. The molecule has 0 spiro atoms. The highest BCUT2D eigenvalue weighted by Gasteiger charge is 2.35. The smallest absolute Gasteiger partial charge is 0.331 e. The number of carbonyl (C=O) groups is 2. The summed E-state index contributed by atoms with van der Waals surface area (Å²) in [6, 6.07) is 8.30. The number of benzene rings is 1. The van der Waals surface area contributed by atoms with Crippen LogP contribution in [0.2, 0.25) is 0 Å². The first-order valence-electron chi connectivity index (χ1n) is 7.88. The van der Waals surface area contributed by atoms with Gasteiger partial charge in [0.05, 0.1) is 19.3 Å². The molecule has 0 radical (unpaired) electrons. The quantitative estimate of drug-likeness (QED) is 0.447. The average molecular weight is 344 g/mol. The molecule has 0 saturated carbocycles. The van der Waals surface area contributed by atoms with Gasteiger partial charge in [0.25, 0.3) is 0 Å². The fourth-order valence-corrected chi connectivity index (χ4v) is 2.89. The van der Waals surface area contributed by atoms with E-state index in [4.69, 9.17) is 10.3 Å². The van der Waals surface area contributed by atoms with Crippen LogP contribution in [0.5, 0.6) is 0 Å². The van der Waals surface area contributed by atoms with Crippen LogP contribution in [0.1, 0.15) is 18.9 Å². The van der Waals surface area contributed by atoms with E-state index in [1.807, 2.05) is 30.3 Å². The predicted octanol–water partition coefficient (Wildman–Crippen LogP) is 2.42. The molecule has 2 N–H and O–H groups in total. The summed E-state index contributed by atoms with van der Waals surface area (Å²) in [6.45, 7) is 1.98. The number of hydrogen-bond donors (Lipinski definition) is 2. The molecule has 8 heteroatoms. The van der Waals surface area contributed by atoms with E-state index >= 15 is 0 Å². The molecule has 132 valence electrons. The SMILES string of the molecule is CC(=O)N[C@H]1[C@H](COCc2ccccc2)CC(C(=O)O)=C[C@@H]1N=[N+]=[N-]. The first-order valence-corrected chi connectivity index (χ1v) is 7.88. The van der Waals surface area contributed by atoms with Crippen molar-refractivity contribution >= 4 is 11.9 Å². The Hall–Kier alpha value is -2.83. The lowest BCUT2D eigenvalue weighted by Gasteiger charge is -2.34. The van der Waals surface area contributed by atoms with Crippen molar-refractivity contribution in [2.45, 2.75) is 32.0 Å². The minimum atomic E-state index is -1.06. The first-order chi connectivity index (χ1) is 12.0. The summed E-state index contributed by atoms with van der Waals surface area (Å²) in [6.07, 6.45) is 1.63. The molecule has 0 aromatic heterocycles. The highest BCUT2D eigenvalue weighted by Crippen LogP contribution is 2.28. The van der Waals surface area contributed by atoms with E-state index in [9.17, 15) is 14.7 Å². The Labute approximate surface area is 145 Å². The van der Waals surface area contributed by atoms with Crippen molar-refractivity contribution in [3.8, 4) is 0 Å². The summed E-state index contributed by atoms with van der Waals surface area (Å²) in [7, 11) is 0. The number of nitrogens with one attached hydrogen (secondary N) is 1. The molecule has 2 rings (SSSR count). The van der Waals surface area contributed by atoms with Crippen LogP contribution < -0.4 is 5.32 Å². The van der Waals surface area contributed by atoms with Gasteiger partial charge in [0, 0.05) is 29.4 Å². The number of azide groups is 1. The fraction of sp³-hybridized carbons (Fsp3) is 0.412. The lowest BCUT2D eigenvalue weighted by molar-refractivity contribution is -0.133. The van der Waals surface area contributed by atoms with Gasteiger partial charge in [-0.2, -0.15) is 0 Å². The van der Waals surface area contributed by atoms with E-state index in [2.05, 4.69) is 15.3 Å². The summed E-state index contributed by atoms with van der Waals surface area (Å²) in [4.78, 5) is 25.6. The molecule has 1 aliphatic carbocycles. The predicted molar refractivity (Wildman–Crippen MR) is 90.5 cm³/mol. The minimum absolute atomic E-state index is 0.160. The van der Waals surface area contributed by atoms with E-state index < -0.39 is 18.1 Å². The Morgan fingerprint density at radius 1 is 1.40 bits per heavy atom. The van der Waals surface area contributed by atoms with Crippen molar-refractivity contribution in [1.29, 1.82) is 0 Å². The van der Waals surface area contributed by atoms with Crippen molar-refractivity contribution in [3.63, 3.8) is 0 Å². The second kappa shape index (κ2) is 8.86. The van der Waals surface area contributed by atoms with Gasteiger partial charge in [-0.1, -0.05) is 41.5 Å². The normalized spacial score (nSPS) is 22.4. The van der Waals surface area contributed by atoms with Crippen LogP contribution in [0.4, 0.5) is 0 Å². The molecule has 8 nitrogen and oxygen atoms in total. The Morgan fingerprint density at radius 3 is 2.72 bits per heavy atom. The largest absolute Gasteiger partial charge is 0.478 e. The number of ether oxygens (including phenoxy) is 1. The van der Waals surface area contributed by atoms with Gasteiger partial charge in [-0.15, -0.1) is 0 Å². The number of hydrogen-bond acceptors (Lipinski definition) is 4. The van der Waals surface area contributed by atoms with Gasteiger partial charge in [0.1, 0.15) is 0 Å². The number of carboxylic acids is 1. The monoisotopic (exact) mass is 344 g/mol. The van der Waals surface area contributed by atoms with E-state index in [0.29, 0.717) is 6.61 Å². The Balaban J connectivity index is 2.13. The molecule has 1 aromatic carbocycles. The highest BCUT2D eigenvalue weighted by molar-refractivity contribution is 5.87. The van der Waals surface area contributed by atoms with Crippen LogP contribution in [-0.2, 0) is 20.9 Å². The van der Waals surface area contributed by atoms with Crippen molar-refractivity contribution < 1.29 is 19.4 Å². The topological polar surface area (TPSA) is 124 Å². The van der Waals surface area contributed by atoms with Gasteiger partial charge in [0.15, 0.2) is 0 Å². The molecule has 1 amide bonds. The standard InChI is InChI=1S/C17H20N4O4/c1-11(22)19-16-14(10-25-9-12-5-3-2-4-6-12)7-13(17(23)24)8-15(16)20-21-18/h2-6,8,14-16H,7,9-10H2,1H3,(H,19,22)(H,23,24)/t14-,15-,16-/m0/s1. The van der Waals surface area contributed by atoms with Crippen molar-refractivity contribution in [2.75, 3.05) is 6.61 Å². The Morgan fingerprint density at radius 2 is 2.12 bits per heavy atom. The van der Waals surface area contributed by atoms with Gasteiger partial charge in [-0.3, -0.25) is 4.79 Å². The zero-order valence-corrected chi connectivity index (χ0v) is 13.8. The summed E-state index contributed by atoms with van der Waals surface area (Å²) in [5, 5.41) is 15.7. The van der Waals surface area contributed by atoms with Crippen LogP contribution in [0, 0.1) is 5.92 Å². The summed E-state index contributed by atoms with van der Waals surface area (Å²) in [5.41, 5.74) is 9.90. The van der Waals surface area contributed by atoms with Gasteiger partial charge < -0.3 is 15.2 Å². The lowest BCUT2D eigenvalue weighted by Crippen LogP contribution is -2.50. The molecule has 0 aliphatic heterocycles. The number of carbonyl (C=O) groups excluding carboxylic acids is 1. The van der Waals surface area contributed by atoms with Crippen LogP contribution in [0.15, 0.2) is 47.1 Å². The zero-order chi connectivity index (χ0) is 18.2. The summed E-state index contributed by atoms with van der Waals surface area (Å²) < 4.78 is 5.72. The number of rotatable bonds is 7. The number of amides is 1. The second-order valence-electron chi connectivity index (χ2n) is 5.88. The van der Waals surface area contributed by atoms with Crippen LogP contribution in [0.25, 0.3) is 10.4 Å². The molecular weight excluding hydrogens is 324 g/mol. The summed E-state index contributed by atoms with van der Waals surface area (Å²) in [5.74, 6) is -1.64. The average Bonchev–Trinajstić information content (AvgIpc) is 2.58. The van der Waals surface area contributed by atoms with E-state index in [1.165, 1.54) is 13.0 Å². The van der Waals surface area contributed by atoms with Gasteiger partial charge in [-0.25, -0.2) is 4.79 Å². The van der Waals surface area contributed by atoms with E-state index in [1.54, 1.807) is 0 Å². The maximum atomic E-state index is 11.5. The van der Waals surface area contributed by atoms with E-state index in [-0.39, 0.29) is 30.4 Å². The van der Waals surface area contributed by atoms with Crippen LogP contribution in [0.3, 0.4) is 0 Å². The third-order valence-electron chi connectivity index (χ3n) is 4.00. The third-order valence-corrected chi connectivity index (χ3v) is 4.00. The molecule has 0 bridgehead atoms. The molecule has 3 atom stereocenters. The molecule has 0 fully saturated rings. The van der Waals surface area contributed by atoms with E-state index in [0.717, 1.165) is 5.56 Å². The molecule has 0 saturated heterocycles.